The maximum absolute atomic E-state index is 11.2. The summed E-state index contributed by atoms with van der Waals surface area (Å²) in [5, 5.41) is 34.5. The van der Waals surface area contributed by atoms with Crippen molar-refractivity contribution in [3.05, 3.63) is 72.3 Å². The predicted molar refractivity (Wildman–Crippen MR) is 122 cm³/mol. The van der Waals surface area contributed by atoms with Gasteiger partial charge in [0.1, 0.15) is 17.5 Å². The Labute approximate surface area is 177 Å². The van der Waals surface area contributed by atoms with Crippen molar-refractivity contribution in [1.82, 2.24) is 0 Å². The van der Waals surface area contributed by atoms with E-state index in [4.69, 9.17) is 10.8 Å². The number of hydrogen-bond acceptors (Lipinski definition) is 5. The molecule has 0 spiro atoms. The van der Waals surface area contributed by atoms with Crippen molar-refractivity contribution in [1.29, 1.82) is 0 Å². The second-order valence-electron chi connectivity index (χ2n) is 7.12. The number of phenols is 2. The number of aliphatic carboxylic acids is 1. The molecule has 30 heavy (non-hydrogen) atoms. The molecule has 1 atom stereocenters. The molecule has 5 nitrogen and oxygen atoms in total. The first-order chi connectivity index (χ1) is 14.5. The topological polar surface area (TPSA) is 104 Å². The number of hydrogen-bond donors (Lipinski definition) is 4. The van der Waals surface area contributed by atoms with Gasteiger partial charge in [-0.05, 0) is 33.7 Å². The number of rotatable bonds is 6. The molecule has 4 aromatic rings. The smallest absolute Gasteiger partial charge is 0.321 e. The van der Waals surface area contributed by atoms with Crippen molar-refractivity contribution in [2.75, 3.05) is 5.75 Å². The summed E-state index contributed by atoms with van der Waals surface area (Å²) in [7, 11) is 0. The van der Waals surface area contributed by atoms with Gasteiger partial charge in [0, 0.05) is 28.2 Å². The van der Waals surface area contributed by atoms with E-state index in [9.17, 15) is 15.0 Å². The normalized spacial score (nSPS) is 12.3. The van der Waals surface area contributed by atoms with E-state index in [-0.39, 0.29) is 17.3 Å². The number of carbonyl (C=O) groups is 1. The summed E-state index contributed by atoms with van der Waals surface area (Å²) in [4.78, 5) is 11.0. The lowest BCUT2D eigenvalue weighted by Crippen LogP contribution is -2.32. The number of carboxylic acid groups (broad SMARTS) is 1. The first-order valence-electron chi connectivity index (χ1n) is 9.48. The monoisotopic (exact) mass is 419 g/mol. The van der Waals surface area contributed by atoms with Crippen LogP contribution in [-0.4, -0.2) is 33.1 Å². The Balaban J connectivity index is 1.89. The summed E-state index contributed by atoms with van der Waals surface area (Å²) in [6.45, 7) is 0. The highest BCUT2D eigenvalue weighted by atomic mass is 32.2. The van der Waals surface area contributed by atoms with Crippen molar-refractivity contribution < 1.29 is 20.1 Å². The number of thioether (sulfide) groups is 1. The number of aromatic hydroxyl groups is 2. The second-order valence-corrected chi connectivity index (χ2v) is 8.15. The first kappa shape index (κ1) is 20.1. The molecular formula is C24H21NO4S. The molecule has 0 amide bonds. The molecule has 0 aliphatic heterocycles. The van der Waals surface area contributed by atoms with E-state index in [0.717, 1.165) is 21.5 Å². The summed E-state index contributed by atoms with van der Waals surface area (Å²) < 4.78 is 0. The average molecular weight is 420 g/mol. The lowest BCUT2D eigenvalue weighted by Gasteiger charge is -2.17. The van der Waals surface area contributed by atoms with Crippen molar-refractivity contribution in [2.45, 2.75) is 11.8 Å². The Kier molecular flexibility index (Phi) is 5.53. The summed E-state index contributed by atoms with van der Waals surface area (Å²) in [6, 6.07) is 19.8. The molecule has 0 bridgehead atoms. The molecular weight excluding hydrogens is 398 g/mol. The van der Waals surface area contributed by atoms with Crippen LogP contribution in [0.3, 0.4) is 0 Å². The molecule has 4 rings (SSSR count). The standard InChI is InChI=1S/C24H21NO4S/c25-19(24(28)29)13-30-12-16-11-15-6-2-4-8-18(15)22(23(16)27)21-17-7-3-1-5-14(17)9-10-20(21)26/h1-11,19,26-27H,12-13,25H2,(H,28,29)/t19-/m0/s1. The molecule has 6 heteroatoms. The van der Waals surface area contributed by atoms with E-state index < -0.39 is 12.0 Å². The Morgan fingerprint density at radius 3 is 2.23 bits per heavy atom. The lowest BCUT2D eigenvalue weighted by molar-refractivity contribution is -0.137. The van der Waals surface area contributed by atoms with Crippen molar-refractivity contribution in [3.8, 4) is 22.6 Å². The molecule has 0 aliphatic rings. The minimum Gasteiger partial charge on any atom is -0.507 e. The van der Waals surface area contributed by atoms with Crippen molar-refractivity contribution >= 4 is 39.3 Å². The third-order valence-electron chi connectivity index (χ3n) is 5.13. The van der Waals surface area contributed by atoms with Gasteiger partial charge in [-0.15, -0.1) is 0 Å². The van der Waals surface area contributed by atoms with Crippen LogP contribution in [0.5, 0.6) is 11.5 Å². The molecule has 4 aromatic carbocycles. The Morgan fingerprint density at radius 2 is 1.53 bits per heavy atom. The van der Waals surface area contributed by atoms with Crippen LogP contribution in [0, 0.1) is 0 Å². The fourth-order valence-corrected chi connectivity index (χ4v) is 4.60. The third kappa shape index (κ3) is 3.67. The highest BCUT2D eigenvalue weighted by Crippen LogP contribution is 2.46. The van der Waals surface area contributed by atoms with Gasteiger partial charge in [0.05, 0.1) is 0 Å². The van der Waals surface area contributed by atoms with E-state index in [1.807, 2.05) is 60.7 Å². The molecule has 0 aromatic heterocycles. The van der Waals surface area contributed by atoms with Crippen LogP contribution in [0.2, 0.25) is 0 Å². The minimum atomic E-state index is -1.05. The van der Waals surface area contributed by atoms with Gasteiger partial charge in [-0.1, -0.05) is 54.6 Å². The van der Waals surface area contributed by atoms with Crippen LogP contribution >= 0.6 is 11.8 Å². The number of nitrogens with two attached hydrogens (primary N) is 1. The maximum atomic E-state index is 11.2. The molecule has 0 heterocycles. The second kappa shape index (κ2) is 8.26. The van der Waals surface area contributed by atoms with Crippen LogP contribution in [0.1, 0.15) is 5.56 Å². The van der Waals surface area contributed by atoms with Gasteiger partial charge in [0.15, 0.2) is 0 Å². The van der Waals surface area contributed by atoms with Gasteiger partial charge in [-0.3, -0.25) is 4.79 Å². The van der Waals surface area contributed by atoms with Gasteiger partial charge < -0.3 is 21.1 Å². The Bertz CT molecular complexity index is 1250. The van der Waals surface area contributed by atoms with Crippen LogP contribution < -0.4 is 5.73 Å². The summed E-state index contributed by atoms with van der Waals surface area (Å²) >= 11 is 1.35. The predicted octanol–water partition coefficient (Wildman–Crippen LogP) is 4.72. The molecule has 0 aliphatic carbocycles. The lowest BCUT2D eigenvalue weighted by atomic mass is 9.90. The summed E-state index contributed by atoms with van der Waals surface area (Å²) in [5.74, 6) is -0.248. The van der Waals surface area contributed by atoms with Gasteiger partial charge in [-0.2, -0.15) is 11.8 Å². The summed E-state index contributed by atoms with van der Waals surface area (Å²) in [6.07, 6.45) is 0. The fraction of sp³-hybridized carbons (Fsp3) is 0.125. The molecule has 5 N–H and O–H groups in total. The van der Waals surface area contributed by atoms with Crippen molar-refractivity contribution in [2.24, 2.45) is 5.73 Å². The van der Waals surface area contributed by atoms with Crippen LogP contribution in [0.15, 0.2) is 66.7 Å². The zero-order chi connectivity index (χ0) is 21.3. The van der Waals surface area contributed by atoms with Crippen LogP contribution in [-0.2, 0) is 10.5 Å². The molecule has 0 saturated heterocycles. The van der Waals surface area contributed by atoms with E-state index in [0.29, 0.717) is 22.4 Å². The molecule has 0 saturated carbocycles. The summed E-state index contributed by atoms with van der Waals surface area (Å²) in [5.41, 5.74) is 7.41. The number of phenolic OH excluding ortho intramolecular Hbond substituents is 2. The van der Waals surface area contributed by atoms with Crippen LogP contribution in [0.4, 0.5) is 0 Å². The third-order valence-corrected chi connectivity index (χ3v) is 6.24. The van der Waals surface area contributed by atoms with Gasteiger partial charge in [-0.25, -0.2) is 0 Å². The van der Waals surface area contributed by atoms with E-state index in [2.05, 4.69) is 0 Å². The quantitative estimate of drug-likeness (QED) is 0.361. The number of fused-ring (bicyclic) bond motifs is 2. The zero-order valence-electron chi connectivity index (χ0n) is 16.1. The SMILES string of the molecule is N[C@@H](CSCc1cc2ccccc2c(-c2c(O)ccc3ccccc23)c1O)C(=O)O. The fourth-order valence-electron chi connectivity index (χ4n) is 3.65. The van der Waals surface area contributed by atoms with Gasteiger partial charge in [0.2, 0.25) is 0 Å². The van der Waals surface area contributed by atoms with Gasteiger partial charge in [0.25, 0.3) is 0 Å². The molecule has 0 fully saturated rings. The highest BCUT2D eigenvalue weighted by molar-refractivity contribution is 7.98. The average Bonchev–Trinajstić information content (AvgIpc) is 2.75. The number of carboxylic acids is 1. The largest absolute Gasteiger partial charge is 0.507 e. The first-order valence-corrected chi connectivity index (χ1v) is 10.6. The van der Waals surface area contributed by atoms with E-state index in [1.165, 1.54) is 11.8 Å². The molecule has 0 radical (unpaired) electrons. The number of benzene rings is 4. The Hall–Kier alpha value is -3.22. The minimum absolute atomic E-state index is 0.0803. The maximum Gasteiger partial charge on any atom is 0.321 e. The molecule has 152 valence electrons. The van der Waals surface area contributed by atoms with Crippen molar-refractivity contribution in [3.63, 3.8) is 0 Å². The van der Waals surface area contributed by atoms with Gasteiger partial charge >= 0.3 is 5.97 Å². The highest BCUT2D eigenvalue weighted by Gasteiger charge is 2.20. The van der Waals surface area contributed by atoms with E-state index >= 15 is 0 Å². The van der Waals surface area contributed by atoms with Crippen LogP contribution in [0.25, 0.3) is 32.7 Å². The molecule has 0 unspecified atom stereocenters. The zero-order valence-corrected chi connectivity index (χ0v) is 16.9. The van der Waals surface area contributed by atoms with E-state index in [1.54, 1.807) is 6.07 Å². The Morgan fingerprint density at radius 1 is 0.900 bits per heavy atom.